The average molecular weight is 215 g/mol. The van der Waals surface area contributed by atoms with Crippen LogP contribution in [0, 0.1) is 12.3 Å². The molecule has 82 valence electrons. The van der Waals surface area contributed by atoms with Gasteiger partial charge in [0.2, 0.25) is 5.91 Å². The first-order valence-electron chi connectivity index (χ1n) is 5.06. The lowest BCUT2D eigenvalue weighted by Gasteiger charge is -2.22. The van der Waals surface area contributed by atoms with Gasteiger partial charge in [-0.2, -0.15) is 0 Å². The number of amides is 1. The van der Waals surface area contributed by atoms with Crippen LogP contribution in [-0.2, 0) is 4.79 Å². The number of hydrogen-bond donors (Lipinski definition) is 1. The molecule has 0 aliphatic carbocycles. The third-order valence-corrected chi connectivity index (χ3v) is 2.42. The van der Waals surface area contributed by atoms with Gasteiger partial charge in [-0.25, -0.2) is 15.4 Å². The summed E-state index contributed by atoms with van der Waals surface area (Å²) in [4.78, 5) is 15.9. The lowest BCUT2D eigenvalue weighted by molar-refractivity contribution is -0.117. The number of hydrogen-bond acceptors (Lipinski definition) is 3. The maximum absolute atomic E-state index is 11.8. The topological polar surface area (TPSA) is 45.2 Å². The molecule has 2 rings (SSSR count). The summed E-state index contributed by atoms with van der Waals surface area (Å²) in [5.74, 6) is 2.48. The molecule has 1 saturated heterocycles. The fourth-order valence-corrected chi connectivity index (χ4v) is 1.74. The van der Waals surface area contributed by atoms with E-state index in [9.17, 15) is 4.79 Å². The summed E-state index contributed by atoms with van der Waals surface area (Å²) in [5.41, 5.74) is 3.99. The highest BCUT2D eigenvalue weighted by Gasteiger charge is 2.36. The predicted molar refractivity (Wildman–Crippen MR) is 61.5 cm³/mol. The highest BCUT2D eigenvalue weighted by Crippen LogP contribution is 2.25. The minimum atomic E-state index is -0.237. The Morgan fingerprint density at radius 1 is 1.62 bits per heavy atom. The number of pyridine rings is 1. The first-order chi connectivity index (χ1) is 7.53. The Bertz CT molecular complexity index is 473. The zero-order valence-electron chi connectivity index (χ0n) is 9.32. The van der Waals surface area contributed by atoms with E-state index in [1.54, 1.807) is 18.3 Å². The molecule has 1 aliphatic heterocycles. The normalized spacial score (nSPS) is 18.6. The Morgan fingerprint density at radius 3 is 2.94 bits per heavy atom. The van der Waals surface area contributed by atoms with Crippen LogP contribution in [0.5, 0.6) is 0 Å². The molecule has 4 heteroatoms. The van der Waals surface area contributed by atoms with E-state index in [1.165, 1.54) is 5.01 Å². The highest BCUT2D eigenvalue weighted by molar-refractivity contribution is 5.96. The predicted octanol–water partition coefficient (Wildman–Crippen LogP) is 1.08. The molecular weight excluding hydrogens is 202 g/mol. The number of nitrogens with one attached hydrogen (secondary N) is 1. The van der Waals surface area contributed by atoms with Crippen molar-refractivity contribution in [2.45, 2.75) is 25.8 Å². The summed E-state index contributed by atoms with van der Waals surface area (Å²) in [5, 5.41) is 1.49. The molecule has 0 radical (unpaired) electrons. The van der Waals surface area contributed by atoms with Crippen molar-refractivity contribution in [2.24, 2.45) is 0 Å². The second kappa shape index (κ2) is 3.62. The highest BCUT2D eigenvalue weighted by atomic mass is 16.2. The number of anilines is 1. The van der Waals surface area contributed by atoms with Crippen LogP contribution < -0.4 is 10.4 Å². The van der Waals surface area contributed by atoms with Crippen molar-refractivity contribution in [3.63, 3.8) is 0 Å². The molecule has 0 spiro atoms. The molecular formula is C12H13N3O. The van der Waals surface area contributed by atoms with Crippen molar-refractivity contribution < 1.29 is 4.79 Å². The molecule has 4 nitrogen and oxygen atoms in total. The molecule has 0 atom stereocenters. The Kier molecular flexibility index (Phi) is 2.41. The summed E-state index contributed by atoms with van der Waals surface area (Å²) >= 11 is 0. The Hall–Kier alpha value is -1.86. The van der Waals surface area contributed by atoms with E-state index < -0.39 is 0 Å². The lowest BCUT2D eigenvalue weighted by atomic mass is 10.0. The minimum absolute atomic E-state index is 0.00880. The Balaban J connectivity index is 2.40. The third-order valence-electron chi connectivity index (χ3n) is 2.42. The van der Waals surface area contributed by atoms with Crippen molar-refractivity contribution in [1.29, 1.82) is 0 Å². The first-order valence-corrected chi connectivity index (χ1v) is 5.06. The summed E-state index contributed by atoms with van der Waals surface area (Å²) in [6, 6.07) is 3.55. The molecule has 0 aromatic carbocycles. The summed E-state index contributed by atoms with van der Waals surface area (Å²) < 4.78 is 0. The van der Waals surface area contributed by atoms with E-state index >= 15 is 0 Å². The van der Waals surface area contributed by atoms with Crippen molar-refractivity contribution in [2.75, 3.05) is 5.01 Å². The first kappa shape index (κ1) is 10.7. The lowest BCUT2D eigenvalue weighted by Crippen LogP contribution is -2.42. The van der Waals surface area contributed by atoms with Crippen LogP contribution in [0.2, 0.25) is 0 Å². The van der Waals surface area contributed by atoms with Crippen molar-refractivity contribution >= 4 is 11.6 Å². The van der Waals surface area contributed by atoms with Crippen LogP contribution in [0.3, 0.4) is 0 Å². The van der Waals surface area contributed by atoms with Crippen LogP contribution in [0.1, 0.15) is 26.0 Å². The maximum atomic E-state index is 11.8. The fraction of sp³-hybridized carbons (Fsp3) is 0.333. The van der Waals surface area contributed by atoms with Crippen molar-refractivity contribution in [3.8, 4) is 12.3 Å². The van der Waals surface area contributed by atoms with Crippen molar-refractivity contribution in [1.82, 2.24) is 10.4 Å². The molecule has 0 unspecified atom stereocenters. The number of aromatic nitrogens is 1. The van der Waals surface area contributed by atoms with Gasteiger partial charge in [-0.15, -0.1) is 6.42 Å². The molecule has 1 aliphatic rings. The largest absolute Gasteiger partial charge is 0.273 e. The number of carbonyl (C=O) groups is 1. The summed E-state index contributed by atoms with van der Waals surface area (Å²) in [7, 11) is 0. The average Bonchev–Trinajstić information content (AvgIpc) is 2.52. The van der Waals surface area contributed by atoms with E-state index in [4.69, 9.17) is 6.42 Å². The molecule has 0 saturated carbocycles. The number of carbonyl (C=O) groups excluding carboxylic acids is 1. The second-order valence-corrected chi connectivity index (χ2v) is 4.42. The minimum Gasteiger partial charge on any atom is -0.273 e. The smallest absolute Gasteiger partial charge is 0.243 e. The van der Waals surface area contributed by atoms with Gasteiger partial charge in [0, 0.05) is 18.2 Å². The van der Waals surface area contributed by atoms with E-state index in [2.05, 4.69) is 16.3 Å². The van der Waals surface area contributed by atoms with Gasteiger partial charge in [0.1, 0.15) is 5.69 Å². The standard InChI is InChI=1S/C12H13N3O/c1-4-9-10(6-5-7-13-9)15-11(16)8-12(2,3)14-15/h1,5-7,14H,8H2,2-3H3. The summed E-state index contributed by atoms with van der Waals surface area (Å²) in [6.45, 7) is 3.94. The zero-order chi connectivity index (χ0) is 11.8. The zero-order valence-corrected chi connectivity index (χ0v) is 9.32. The molecule has 1 aromatic rings. The van der Waals surface area contributed by atoms with E-state index in [1.807, 2.05) is 13.8 Å². The van der Waals surface area contributed by atoms with Crippen LogP contribution in [0.15, 0.2) is 18.3 Å². The van der Waals surface area contributed by atoms with Crippen LogP contribution >= 0.6 is 0 Å². The van der Waals surface area contributed by atoms with E-state index in [-0.39, 0.29) is 11.4 Å². The monoisotopic (exact) mass is 215 g/mol. The SMILES string of the molecule is C#Cc1ncccc1N1NC(C)(C)CC1=O. The molecule has 0 bridgehead atoms. The fourth-order valence-electron chi connectivity index (χ4n) is 1.74. The molecule has 16 heavy (non-hydrogen) atoms. The van der Waals surface area contributed by atoms with E-state index in [0.717, 1.165) is 0 Å². The number of rotatable bonds is 1. The number of nitrogens with zero attached hydrogens (tertiary/aromatic N) is 2. The quantitative estimate of drug-likeness (QED) is 0.713. The third kappa shape index (κ3) is 1.77. The summed E-state index contributed by atoms with van der Waals surface area (Å²) in [6.07, 6.45) is 7.42. The van der Waals surface area contributed by atoms with Crippen LogP contribution in [0.4, 0.5) is 5.69 Å². The van der Waals surface area contributed by atoms with Crippen molar-refractivity contribution in [3.05, 3.63) is 24.0 Å². The van der Waals surface area contributed by atoms with Gasteiger partial charge in [0.25, 0.3) is 0 Å². The Labute approximate surface area is 94.6 Å². The van der Waals surface area contributed by atoms with Crippen LogP contribution in [0.25, 0.3) is 0 Å². The van der Waals surface area contributed by atoms with Crippen LogP contribution in [-0.4, -0.2) is 16.4 Å². The van der Waals surface area contributed by atoms with Gasteiger partial charge in [-0.1, -0.05) is 0 Å². The molecule has 1 amide bonds. The van der Waals surface area contributed by atoms with Gasteiger partial charge < -0.3 is 0 Å². The molecule has 1 N–H and O–H groups in total. The van der Waals surface area contributed by atoms with Gasteiger partial charge in [-0.3, -0.25) is 4.79 Å². The maximum Gasteiger partial charge on any atom is 0.243 e. The molecule has 1 aromatic heterocycles. The Morgan fingerprint density at radius 2 is 2.38 bits per heavy atom. The van der Waals surface area contributed by atoms with E-state index in [0.29, 0.717) is 17.8 Å². The van der Waals surface area contributed by atoms with Gasteiger partial charge in [0.15, 0.2) is 0 Å². The second-order valence-electron chi connectivity index (χ2n) is 4.42. The van der Waals surface area contributed by atoms with Gasteiger partial charge in [0.05, 0.1) is 5.69 Å². The molecule has 1 fully saturated rings. The molecule has 2 heterocycles. The van der Waals surface area contributed by atoms with Gasteiger partial charge >= 0.3 is 0 Å². The number of hydrazine groups is 1. The number of terminal acetylenes is 1. The van der Waals surface area contributed by atoms with Gasteiger partial charge in [-0.05, 0) is 31.9 Å².